The van der Waals surface area contributed by atoms with Crippen molar-refractivity contribution in [2.24, 2.45) is 0 Å². The summed E-state index contributed by atoms with van der Waals surface area (Å²) in [5, 5.41) is 0. The fourth-order valence-electron chi connectivity index (χ4n) is 0.361. The number of alkyl halides is 1. The third-order valence-electron chi connectivity index (χ3n) is 0.711. The van der Waals surface area contributed by atoms with Gasteiger partial charge in [0.25, 0.3) is 0 Å². The minimum atomic E-state index is 0.692. The lowest BCUT2D eigenvalue weighted by Gasteiger charge is -1.97. The van der Waals surface area contributed by atoms with Crippen molar-refractivity contribution in [3.8, 4) is 0 Å². The highest BCUT2D eigenvalue weighted by atomic mass is 35.5. The summed E-state index contributed by atoms with van der Waals surface area (Å²) in [5.41, 5.74) is 0. The summed E-state index contributed by atoms with van der Waals surface area (Å²) in [5.74, 6) is 0.692. The van der Waals surface area contributed by atoms with Gasteiger partial charge in [-0.1, -0.05) is 6.92 Å². The molecule has 0 aliphatic carbocycles. The van der Waals surface area contributed by atoms with Crippen LogP contribution in [0.15, 0.2) is 0 Å². The molecular weight excluding hydrogens is 124 g/mol. The Morgan fingerprint density at radius 3 is 2.62 bits per heavy atom. The second-order valence-electron chi connectivity index (χ2n) is 1.51. The zero-order chi connectivity index (χ0) is 6.24. The van der Waals surface area contributed by atoms with Crippen molar-refractivity contribution in [1.82, 2.24) is 0 Å². The van der Waals surface area contributed by atoms with Gasteiger partial charge in [-0.25, -0.2) is 0 Å². The van der Waals surface area contributed by atoms with Crippen LogP contribution in [0.2, 0.25) is 0 Å². The SMILES string of the molecule is [CH2]CCOCCCCl. The minimum Gasteiger partial charge on any atom is -0.381 e. The zero-order valence-electron chi connectivity index (χ0n) is 5.03. The van der Waals surface area contributed by atoms with Crippen LogP contribution in [0.1, 0.15) is 12.8 Å². The van der Waals surface area contributed by atoms with Crippen LogP contribution in [0.25, 0.3) is 0 Å². The Morgan fingerprint density at radius 2 is 2.12 bits per heavy atom. The monoisotopic (exact) mass is 135 g/mol. The molecule has 1 radical (unpaired) electrons. The van der Waals surface area contributed by atoms with E-state index in [1.807, 2.05) is 0 Å². The summed E-state index contributed by atoms with van der Waals surface area (Å²) >= 11 is 5.38. The molecule has 0 saturated carbocycles. The van der Waals surface area contributed by atoms with Crippen molar-refractivity contribution < 1.29 is 4.74 Å². The van der Waals surface area contributed by atoms with Gasteiger partial charge in [0.1, 0.15) is 0 Å². The van der Waals surface area contributed by atoms with E-state index in [0.29, 0.717) is 5.88 Å². The molecule has 0 atom stereocenters. The quantitative estimate of drug-likeness (QED) is 0.413. The van der Waals surface area contributed by atoms with E-state index in [-0.39, 0.29) is 0 Å². The van der Waals surface area contributed by atoms with Gasteiger partial charge in [-0.3, -0.25) is 0 Å². The lowest BCUT2D eigenvalue weighted by atomic mass is 10.5. The molecule has 0 amide bonds. The van der Waals surface area contributed by atoms with E-state index in [2.05, 4.69) is 6.92 Å². The van der Waals surface area contributed by atoms with Gasteiger partial charge in [0.05, 0.1) is 0 Å². The Balaban J connectivity index is 2.53. The molecule has 2 heteroatoms. The maximum absolute atomic E-state index is 5.38. The molecule has 0 aliphatic heterocycles. The first-order valence-corrected chi connectivity index (χ1v) is 3.38. The fraction of sp³-hybridized carbons (Fsp3) is 0.833. The van der Waals surface area contributed by atoms with Crippen LogP contribution >= 0.6 is 11.6 Å². The molecule has 0 heterocycles. The summed E-state index contributed by atoms with van der Waals surface area (Å²) in [6.45, 7) is 5.16. The second-order valence-corrected chi connectivity index (χ2v) is 1.89. The smallest absolute Gasteiger partial charge is 0.0477 e. The van der Waals surface area contributed by atoms with Crippen molar-refractivity contribution in [3.63, 3.8) is 0 Å². The first-order chi connectivity index (χ1) is 3.91. The largest absolute Gasteiger partial charge is 0.381 e. The summed E-state index contributed by atoms with van der Waals surface area (Å²) < 4.78 is 5.08. The molecule has 0 aromatic carbocycles. The minimum absolute atomic E-state index is 0.692. The fourth-order valence-corrected chi connectivity index (χ4v) is 0.470. The average molecular weight is 136 g/mol. The van der Waals surface area contributed by atoms with Gasteiger partial charge in [0.2, 0.25) is 0 Å². The summed E-state index contributed by atoms with van der Waals surface area (Å²) in [6, 6.07) is 0. The third kappa shape index (κ3) is 6.25. The van der Waals surface area contributed by atoms with Crippen LogP contribution in [-0.4, -0.2) is 19.1 Å². The number of hydrogen-bond donors (Lipinski definition) is 0. The van der Waals surface area contributed by atoms with Gasteiger partial charge >= 0.3 is 0 Å². The Bertz CT molecular complexity index is 33.5. The highest BCUT2D eigenvalue weighted by Gasteiger charge is 1.82. The lowest BCUT2D eigenvalue weighted by Crippen LogP contribution is -1.95. The molecule has 0 aromatic rings. The molecule has 1 nitrogen and oxygen atoms in total. The highest BCUT2D eigenvalue weighted by Crippen LogP contribution is 1.86. The molecular formula is C6H12ClO. The van der Waals surface area contributed by atoms with E-state index in [0.717, 1.165) is 26.1 Å². The first-order valence-electron chi connectivity index (χ1n) is 2.84. The average Bonchev–Trinajstić information content (AvgIpc) is 1.81. The predicted molar refractivity (Wildman–Crippen MR) is 36.1 cm³/mol. The van der Waals surface area contributed by atoms with E-state index in [4.69, 9.17) is 16.3 Å². The second kappa shape index (κ2) is 7.25. The summed E-state index contributed by atoms with van der Waals surface area (Å²) in [7, 11) is 0. The van der Waals surface area contributed by atoms with E-state index >= 15 is 0 Å². The molecule has 0 unspecified atom stereocenters. The van der Waals surface area contributed by atoms with Crippen molar-refractivity contribution in [3.05, 3.63) is 6.92 Å². The molecule has 0 fully saturated rings. The van der Waals surface area contributed by atoms with Crippen LogP contribution in [0, 0.1) is 6.92 Å². The summed E-state index contributed by atoms with van der Waals surface area (Å²) in [6.07, 6.45) is 1.80. The Morgan fingerprint density at radius 1 is 1.38 bits per heavy atom. The van der Waals surface area contributed by atoms with Crippen LogP contribution in [-0.2, 0) is 4.74 Å². The molecule has 0 bridgehead atoms. The van der Waals surface area contributed by atoms with Crippen molar-refractivity contribution >= 4 is 11.6 Å². The van der Waals surface area contributed by atoms with E-state index in [1.54, 1.807) is 0 Å². The summed E-state index contributed by atoms with van der Waals surface area (Å²) in [4.78, 5) is 0. The van der Waals surface area contributed by atoms with Gasteiger partial charge in [-0.05, 0) is 12.8 Å². The normalized spacial score (nSPS) is 9.75. The molecule has 0 aliphatic rings. The molecule has 0 aromatic heterocycles. The van der Waals surface area contributed by atoms with Gasteiger partial charge in [-0.15, -0.1) is 11.6 Å². The van der Waals surface area contributed by atoms with Crippen LogP contribution in [0.3, 0.4) is 0 Å². The molecule has 0 rings (SSSR count). The van der Waals surface area contributed by atoms with Crippen LogP contribution in [0.4, 0.5) is 0 Å². The maximum atomic E-state index is 5.38. The standard InChI is InChI=1S/C6H12ClO/c1-2-5-8-6-3-4-7/h1-6H2. The lowest BCUT2D eigenvalue weighted by molar-refractivity contribution is 0.139. The predicted octanol–water partition coefficient (Wildman–Crippen LogP) is 1.86. The van der Waals surface area contributed by atoms with Gasteiger partial charge < -0.3 is 4.74 Å². The van der Waals surface area contributed by atoms with Crippen molar-refractivity contribution in [2.75, 3.05) is 19.1 Å². The topological polar surface area (TPSA) is 9.23 Å². The third-order valence-corrected chi connectivity index (χ3v) is 0.978. The molecule has 49 valence electrons. The number of hydrogen-bond acceptors (Lipinski definition) is 1. The van der Waals surface area contributed by atoms with Crippen LogP contribution in [0.5, 0.6) is 0 Å². The highest BCUT2D eigenvalue weighted by molar-refractivity contribution is 6.17. The zero-order valence-corrected chi connectivity index (χ0v) is 5.78. The number of ether oxygens (including phenoxy) is 1. The Kier molecular flexibility index (Phi) is 7.48. The molecule has 0 N–H and O–H groups in total. The number of rotatable bonds is 5. The van der Waals surface area contributed by atoms with Gasteiger partial charge in [-0.2, -0.15) is 0 Å². The van der Waals surface area contributed by atoms with Crippen LogP contribution < -0.4 is 0 Å². The molecule has 0 spiro atoms. The van der Waals surface area contributed by atoms with Gasteiger partial charge in [0.15, 0.2) is 0 Å². The van der Waals surface area contributed by atoms with Crippen molar-refractivity contribution in [1.29, 1.82) is 0 Å². The Hall–Kier alpha value is 0.250. The van der Waals surface area contributed by atoms with E-state index in [1.165, 1.54) is 0 Å². The first kappa shape index (κ1) is 8.25. The number of halogens is 1. The van der Waals surface area contributed by atoms with Crippen molar-refractivity contribution in [2.45, 2.75) is 12.8 Å². The molecule has 0 saturated heterocycles. The maximum Gasteiger partial charge on any atom is 0.0477 e. The molecule has 8 heavy (non-hydrogen) atoms. The Labute approximate surface area is 56.0 Å². The van der Waals surface area contributed by atoms with Gasteiger partial charge in [0, 0.05) is 19.1 Å². The van der Waals surface area contributed by atoms with E-state index in [9.17, 15) is 0 Å². The van der Waals surface area contributed by atoms with E-state index < -0.39 is 0 Å².